The number of fused-ring (bicyclic) bond motifs is 1. The van der Waals surface area contributed by atoms with E-state index in [2.05, 4.69) is 10.3 Å². The lowest BCUT2D eigenvalue weighted by Gasteiger charge is -2.03. The lowest BCUT2D eigenvalue weighted by Crippen LogP contribution is -2.13. The van der Waals surface area contributed by atoms with Gasteiger partial charge < -0.3 is 14.5 Å². The minimum atomic E-state index is -0.531. The first-order valence-corrected chi connectivity index (χ1v) is 11.5. The van der Waals surface area contributed by atoms with Gasteiger partial charge in [0.05, 0.1) is 16.8 Å². The van der Waals surface area contributed by atoms with Crippen molar-refractivity contribution in [2.24, 2.45) is 0 Å². The van der Waals surface area contributed by atoms with Crippen LogP contribution in [0.3, 0.4) is 0 Å². The molecule has 4 aromatic rings. The fourth-order valence-corrected chi connectivity index (χ4v) is 4.88. The molecule has 1 amide bonds. The number of halogens is 1. The Balaban J connectivity index is 1.47. The lowest BCUT2D eigenvalue weighted by atomic mass is 10.2. The second kappa shape index (κ2) is 9.92. The van der Waals surface area contributed by atoms with E-state index in [0.717, 1.165) is 20.3 Å². The van der Waals surface area contributed by atoms with Crippen molar-refractivity contribution < 1.29 is 13.9 Å². The number of carbonyl (C=O) groups excluding carboxylic acids is 1. The molecule has 4 rings (SSSR count). The molecule has 2 aromatic carbocycles. The number of thiazole rings is 1. The van der Waals surface area contributed by atoms with Gasteiger partial charge in [0.25, 0.3) is 5.91 Å². The van der Waals surface area contributed by atoms with E-state index in [0.29, 0.717) is 28.2 Å². The van der Waals surface area contributed by atoms with Crippen LogP contribution in [0.15, 0.2) is 74.0 Å². The molecule has 0 saturated heterocycles. The summed E-state index contributed by atoms with van der Waals surface area (Å²) in [5.41, 5.74) is 1.35. The number of hydrogen-bond acceptors (Lipinski definition) is 7. The molecule has 0 saturated carbocycles. The molecule has 0 aliphatic carbocycles. The van der Waals surface area contributed by atoms with E-state index in [-0.39, 0.29) is 5.57 Å². The molecule has 1 N–H and O–H groups in total. The summed E-state index contributed by atoms with van der Waals surface area (Å²) in [5.74, 6) is 0.679. The Bertz CT molecular complexity index is 1340. The molecular formula is C23H16ClN3O3S2. The van der Waals surface area contributed by atoms with Crippen molar-refractivity contribution in [2.45, 2.75) is 16.4 Å². The van der Waals surface area contributed by atoms with Gasteiger partial charge in [-0.1, -0.05) is 11.6 Å². The topological polar surface area (TPSA) is 88.1 Å². The molecule has 2 heterocycles. The molecule has 160 valence electrons. The number of ether oxygens (including phenoxy) is 1. The van der Waals surface area contributed by atoms with Gasteiger partial charge in [0.1, 0.15) is 23.2 Å². The highest BCUT2D eigenvalue weighted by atomic mass is 35.5. The van der Waals surface area contributed by atoms with Crippen molar-refractivity contribution in [1.29, 1.82) is 5.26 Å². The minimum Gasteiger partial charge on any atom is -0.494 e. The highest BCUT2D eigenvalue weighted by molar-refractivity contribution is 8.01. The molecule has 2 aromatic heterocycles. The second-order valence-corrected chi connectivity index (χ2v) is 9.15. The molecule has 32 heavy (non-hydrogen) atoms. The van der Waals surface area contributed by atoms with Gasteiger partial charge in [-0.05, 0) is 73.3 Å². The average molecular weight is 482 g/mol. The Kier molecular flexibility index (Phi) is 6.81. The van der Waals surface area contributed by atoms with Crippen LogP contribution in [-0.4, -0.2) is 17.5 Å². The van der Waals surface area contributed by atoms with Crippen LogP contribution in [0.2, 0.25) is 5.02 Å². The van der Waals surface area contributed by atoms with E-state index in [9.17, 15) is 10.1 Å². The maximum atomic E-state index is 12.4. The molecule has 0 atom stereocenters. The van der Waals surface area contributed by atoms with Crippen LogP contribution in [-0.2, 0) is 4.79 Å². The zero-order valence-electron chi connectivity index (χ0n) is 16.8. The predicted molar refractivity (Wildman–Crippen MR) is 127 cm³/mol. The third kappa shape index (κ3) is 5.32. The number of hydrogen-bond donors (Lipinski definition) is 1. The van der Waals surface area contributed by atoms with Crippen LogP contribution in [0.25, 0.3) is 16.3 Å². The first-order chi connectivity index (χ1) is 15.5. The number of carbonyl (C=O) groups is 1. The number of nitriles is 1. The van der Waals surface area contributed by atoms with Crippen LogP contribution >= 0.6 is 34.7 Å². The van der Waals surface area contributed by atoms with E-state index >= 15 is 0 Å². The largest absolute Gasteiger partial charge is 0.494 e. The van der Waals surface area contributed by atoms with Crippen LogP contribution in [0.4, 0.5) is 5.69 Å². The summed E-state index contributed by atoms with van der Waals surface area (Å²) in [7, 11) is 0. The zero-order valence-corrected chi connectivity index (χ0v) is 19.2. The van der Waals surface area contributed by atoms with Gasteiger partial charge in [-0.2, -0.15) is 5.26 Å². The summed E-state index contributed by atoms with van der Waals surface area (Å²) in [6.45, 7) is 2.55. The monoisotopic (exact) mass is 481 g/mol. The maximum absolute atomic E-state index is 12.4. The Labute approximate surface area is 197 Å². The SMILES string of the molecule is CCOc1ccc2nc(Sc3ccc(/C=C(\C#N)C(=O)Nc4ccc(Cl)cc4)o3)sc2c1. The van der Waals surface area contributed by atoms with Gasteiger partial charge in [-0.15, -0.1) is 11.3 Å². The van der Waals surface area contributed by atoms with Crippen molar-refractivity contribution in [3.63, 3.8) is 0 Å². The van der Waals surface area contributed by atoms with Crippen LogP contribution in [0.1, 0.15) is 12.7 Å². The first kappa shape index (κ1) is 22.0. The van der Waals surface area contributed by atoms with Crippen molar-refractivity contribution in [3.8, 4) is 11.8 Å². The number of benzene rings is 2. The van der Waals surface area contributed by atoms with Crippen molar-refractivity contribution >= 4 is 62.6 Å². The summed E-state index contributed by atoms with van der Waals surface area (Å²) < 4.78 is 13.2. The first-order valence-electron chi connectivity index (χ1n) is 9.54. The molecule has 9 heteroatoms. The highest BCUT2D eigenvalue weighted by Crippen LogP contribution is 2.36. The minimum absolute atomic E-state index is 0.0747. The highest BCUT2D eigenvalue weighted by Gasteiger charge is 2.13. The Morgan fingerprint density at radius 3 is 2.84 bits per heavy atom. The summed E-state index contributed by atoms with van der Waals surface area (Å²) in [4.78, 5) is 17.0. The molecule has 0 aliphatic rings. The maximum Gasteiger partial charge on any atom is 0.266 e. The van der Waals surface area contributed by atoms with Gasteiger partial charge >= 0.3 is 0 Å². The summed E-state index contributed by atoms with van der Waals surface area (Å²) in [6, 6.07) is 17.8. The van der Waals surface area contributed by atoms with E-state index in [1.807, 2.05) is 31.2 Å². The smallest absolute Gasteiger partial charge is 0.266 e. The standard InChI is InChI=1S/C23H16ClN3O3S2/c1-2-29-17-7-9-19-20(12-17)31-23(27-19)32-21-10-8-18(30-21)11-14(13-25)22(28)26-16-5-3-15(24)4-6-16/h3-12H,2H2,1H3,(H,26,28)/b14-11+. The van der Waals surface area contributed by atoms with Crippen molar-refractivity contribution in [2.75, 3.05) is 11.9 Å². The third-order valence-corrected chi connectivity index (χ3v) is 6.45. The molecule has 0 radical (unpaired) electrons. The van der Waals surface area contributed by atoms with Gasteiger partial charge in [0.2, 0.25) is 0 Å². The van der Waals surface area contributed by atoms with E-state index in [1.54, 1.807) is 36.4 Å². The van der Waals surface area contributed by atoms with Crippen molar-refractivity contribution in [3.05, 3.63) is 71.0 Å². The molecular weight excluding hydrogens is 466 g/mol. The van der Waals surface area contributed by atoms with E-state index < -0.39 is 5.91 Å². The summed E-state index contributed by atoms with van der Waals surface area (Å²) >= 11 is 8.76. The van der Waals surface area contributed by atoms with Gasteiger partial charge in [0, 0.05) is 16.8 Å². The molecule has 0 spiro atoms. The normalized spacial score (nSPS) is 11.3. The van der Waals surface area contributed by atoms with E-state index in [4.69, 9.17) is 20.8 Å². The quantitative estimate of drug-likeness (QED) is 0.235. The number of aromatic nitrogens is 1. The molecule has 0 unspecified atom stereocenters. The van der Waals surface area contributed by atoms with Crippen LogP contribution in [0, 0.1) is 11.3 Å². The van der Waals surface area contributed by atoms with Gasteiger partial charge in [-0.25, -0.2) is 4.98 Å². The predicted octanol–water partition coefficient (Wildman–Crippen LogP) is 6.64. The Morgan fingerprint density at radius 1 is 1.28 bits per heavy atom. The number of amides is 1. The van der Waals surface area contributed by atoms with Crippen LogP contribution < -0.4 is 10.1 Å². The zero-order chi connectivity index (χ0) is 22.5. The molecule has 0 aliphatic heterocycles. The fourth-order valence-electron chi connectivity index (χ4n) is 2.76. The number of rotatable bonds is 7. The van der Waals surface area contributed by atoms with Gasteiger partial charge in [0.15, 0.2) is 9.43 Å². The number of anilines is 1. The number of nitrogens with zero attached hydrogens (tertiary/aromatic N) is 2. The fraction of sp³-hybridized carbons (Fsp3) is 0.0870. The van der Waals surface area contributed by atoms with Crippen molar-refractivity contribution in [1.82, 2.24) is 4.98 Å². The molecule has 6 nitrogen and oxygen atoms in total. The Hall–Kier alpha value is -3.25. The van der Waals surface area contributed by atoms with Gasteiger partial charge in [-0.3, -0.25) is 4.79 Å². The van der Waals surface area contributed by atoms with E-state index in [1.165, 1.54) is 29.2 Å². The molecule has 0 fully saturated rings. The molecule has 0 bridgehead atoms. The Morgan fingerprint density at radius 2 is 2.09 bits per heavy atom. The third-order valence-electron chi connectivity index (χ3n) is 4.20. The average Bonchev–Trinajstić information content (AvgIpc) is 3.39. The number of furan rings is 1. The summed E-state index contributed by atoms with van der Waals surface area (Å²) in [5, 5.41) is 13.2. The summed E-state index contributed by atoms with van der Waals surface area (Å²) in [6.07, 6.45) is 1.40. The second-order valence-electron chi connectivity index (χ2n) is 6.43. The van der Waals surface area contributed by atoms with Crippen LogP contribution in [0.5, 0.6) is 5.75 Å². The lowest BCUT2D eigenvalue weighted by molar-refractivity contribution is -0.112. The number of nitrogens with one attached hydrogen (secondary N) is 1.